The minimum atomic E-state index is -3.48. The molecule has 129 heavy (non-hydrogen) atoms. The molecule has 16 aliphatic heterocycles. The van der Waals surface area contributed by atoms with Crippen LogP contribution in [0.1, 0.15) is 254 Å². The van der Waals surface area contributed by atoms with Gasteiger partial charge in [-0.25, -0.2) is 4.79 Å². The quantitative estimate of drug-likeness (QED) is 0.0804. The summed E-state index contributed by atoms with van der Waals surface area (Å²) >= 11 is 0. The number of ether oxygens (including phenoxy) is 4. The molecule has 16 heterocycles. The second-order valence-corrected chi connectivity index (χ2v) is 44.3. The lowest BCUT2D eigenvalue weighted by Crippen LogP contribution is -2.72. The molecular weight excluding hydrogens is 1660 g/mol. The molecule has 0 aromatic rings. The molecule has 0 N–H and O–H groups in total. The van der Waals surface area contributed by atoms with Gasteiger partial charge >= 0.3 is 12.3 Å². The van der Waals surface area contributed by atoms with Gasteiger partial charge in [0.05, 0.1) is 17.5 Å². The molecule has 0 aromatic heterocycles. The third-order valence-corrected chi connectivity index (χ3v) is 30.2. The molecule has 738 valence electrons. The number of carbonyl (C=O) groups excluding carboxylic acids is 10. The van der Waals surface area contributed by atoms with Crippen molar-refractivity contribution < 1.29 is 75.7 Å². The first-order valence-corrected chi connectivity index (χ1v) is 48.6. The number of hydrogen-bond donors (Lipinski definition) is 0. The Kier molecular flexibility index (Phi) is 33.7. The van der Waals surface area contributed by atoms with Gasteiger partial charge in [0, 0.05) is 221 Å². The number of likely N-dealkylation sites (tertiary alicyclic amines) is 10. The van der Waals surface area contributed by atoms with Crippen LogP contribution in [0.5, 0.6) is 0 Å². The van der Waals surface area contributed by atoms with E-state index in [9.17, 15) is 56.7 Å². The predicted octanol–water partition coefficient (Wildman–Crippen LogP) is 8.00. The zero-order valence-electron chi connectivity index (χ0n) is 85.6. The van der Waals surface area contributed by atoms with E-state index in [0.717, 1.165) is 117 Å². The molecule has 34 heteroatoms. The highest BCUT2D eigenvalue weighted by Gasteiger charge is 2.70. The van der Waals surface area contributed by atoms with E-state index in [4.69, 9.17) is 18.9 Å². The van der Waals surface area contributed by atoms with E-state index in [2.05, 4.69) is 171 Å². The van der Waals surface area contributed by atoms with Crippen molar-refractivity contribution in [3.8, 4) is 0 Å². The second kappa shape index (κ2) is 40.7. The Bertz CT molecular complexity index is 3860. The molecule has 0 radical (unpaired) electrons. The van der Waals surface area contributed by atoms with Gasteiger partial charge in [0.2, 0.25) is 23.6 Å². The van der Waals surface area contributed by atoms with Crippen LogP contribution in [0.4, 0.5) is 13.6 Å². The molecule has 16 rings (SSSR count). The lowest BCUT2D eigenvalue weighted by Gasteiger charge is -2.51. The highest BCUT2D eigenvalue weighted by molar-refractivity contribution is 6.08. The monoisotopic (exact) mass is 1830 g/mol. The van der Waals surface area contributed by atoms with Gasteiger partial charge in [0.1, 0.15) is 31.3 Å². The summed E-state index contributed by atoms with van der Waals surface area (Å²) in [6.45, 7) is 80.8. The normalized spacial score (nSPS) is 26.4. The molecule has 11 amide bonds. The smallest absolute Gasteiger partial charge is 0.345 e. The molecule has 16 aliphatic rings. The van der Waals surface area contributed by atoms with Gasteiger partial charge < -0.3 is 48.5 Å². The van der Waals surface area contributed by atoms with Gasteiger partial charge in [-0.05, 0) is 254 Å². The van der Waals surface area contributed by atoms with E-state index in [-0.39, 0.29) is 107 Å². The number of nitrogens with zero attached hydrogens (tertiary/aromatic N) is 18. The molecule has 0 saturated carbocycles. The second-order valence-electron chi connectivity index (χ2n) is 44.3. The van der Waals surface area contributed by atoms with Gasteiger partial charge in [-0.3, -0.25) is 102 Å². The van der Waals surface area contributed by atoms with Gasteiger partial charge in [-0.15, -0.1) is 0 Å². The number of urea groups is 1. The van der Waals surface area contributed by atoms with Crippen LogP contribution in [0.2, 0.25) is 0 Å². The standard InChI is InChI=1S/C13H24N2O2.C12H21N3O2.C12H23N3O.C12H20N2O2.C12H22N2O2.C12H22N2O.C11H18F2N2O2.C11H20N2O2/c1-10(2)14-7-5-13(6-8-14)12(16)15(9-17-13)11(3)4;1-8(2)14-6-12(7-14)10(16)15(9(3)4)11(17)13(12)5;1-9(2)14-6-12(7-14)11(16)15(10(3)4)8-13(12)5;1-8(2)13-6-12(7-13)5-10(15)14(9(3)4)11(12)16;1-9(2)13-6-5-12(7-13)11(15)14(8-16-12)10(3)4;1-9(2)13-7-12(8-13)5-6-14(10(3)4)11(12)15;1-7(2)14-5-10(6-14)9(16)15(8(3)4)11(12,13)17-10;1-8(2)12-5-11(6-12)10(14)13(7-15-11)9(3)4/h10-11H,5-9H2,1-4H3;8-9H,6-7H2,1-5H3;9-10H,6-8H2,1-5H3;8-9H,5-7H2,1-4H3;9-10H,5-8H2,1-4H3;9-10H,5-8H2,1-4H3;7-8H,5-6H2,1-4H3;8-9H,5-7H2,1-4H3. The van der Waals surface area contributed by atoms with Crippen LogP contribution >= 0.6 is 0 Å². The molecule has 32 nitrogen and oxygen atoms in total. The number of alkyl halides is 2. The fourth-order valence-electron chi connectivity index (χ4n) is 20.4. The maximum Gasteiger partial charge on any atom is 0.452 e. The summed E-state index contributed by atoms with van der Waals surface area (Å²) in [5, 5.41) is 0. The van der Waals surface area contributed by atoms with Crippen molar-refractivity contribution in [2.24, 2.45) is 10.8 Å². The minimum absolute atomic E-state index is 0.00315. The number of imide groups is 2. The fraction of sp³-hybridized carbons (Fsp3) is 0.895. The lowest BCUT2D eigenvalue weighted by atomic mass is 9.77. The molecule has 16 saturated heterocycles. The Morgan fingerprint density at radius 1 is 0.271 bits per heavy atom. The van der Waals surface area contributed by atoms with E-state index in [1.807, 2.05) is 112 Å². The highest BCUT2D eigenvalue weighted by Crippen LogP contribution is 2.48. The summed E-state index contributed by atoms with van der Waals surface area (Å²) in [5.41, 5.74) is -4.06. The van der Waals surface area contributed by atoms with E-state index < -0.39 is 46.1 Å². The summed E-state index contributed by atoms with van der Waals surface area (Å²) in [5.74, 6) is 0.714. The molecule has 16 fully saturated rings. The first-order chi connectivity index (χ1) is 59.6. The van der Waals surface area contributed by atoms with Crippen molar-refractivity contribution in [2.75, 3.05) is 152 Å². The van der Waals surface area contributed by atoms with Crippen molar-refractivity contribution in [3.05, 3.63) is 0 Å². The largest absolute Gasteiger partial charge is 0.452 e. The molecule has 1 atom stereocenters. The third-order valence-electron chi connectivity index (χ3n) is 30.2. The highest BCUT2D eigenvalue weighted by atomic mass is 19.3. The Morgan fingerprint density at radius 2 is 0.612 bits per heavy atom. The Labute approximate surface area is 772 Å². The first-order valence-electron chi connectivity index (χ1n) is 48.6. The van der Waals surface area contributed by atoms with E-state index in [0.29, 0.717) is 111 Å². The Hall–Kier alpha value is -5.76. The van der Waals surface area contributed by atoms with Crippen LogP contribution in [-0.2, 0) is 62.1 Å². The maximum atomic E-state index is 13.6. The number of amides is 11. The molecular formula is C95H170F2N18O14. The van der Waals surface area contributed by atoms with Gasteiger partial charge in [-0.1, -0.05) is 0 Å². The molecule has 0 aliphatic carbocycles. The summed E-state index contributed by atoms with van der Waals surface area (Å²) in [6.07, 6.45) is 0.516. The van der Waals surface area contributed by atoms with Crippen LogP contribution in [-0.4, -0.2) is 436 Å². The zero-order valence-corrected chi connectivity index (χ0v) is 85.6. The van der Waals surface area contributed by atoms with E-state index in [1.165, 1.54) is 9.80 Å². The molecule has 1 unspecified atom stereocenters. The van der Waals surface area contributed by atoms with Crippen LogP contribution in [0.3, 0.4) is 0 Å². The predicted molar refractivity (Wildman–Crippen MR) is 493 cm³/mol. The number of carbonyl (C=O) groups is 10. The number of piperidine rings is 1. The Morgan fingerprint density at radius 3 is 0.961 bits per heavy atom. The van der Waals surface area contributed by atoms with E-state index in [1.54, 1.807) is 25.8 Å². The molecule has 8 spiro atoms. The minimum Gasteiger partial charge on any atom is -0.345 e. The summed E-state index contributed by atoms with van der Waals surface area (Å²) in [7, 11) is 3.80. The van der Waals surface area contributed by atoms with Gasteiger partial charge in [-0.2, -0.15) is 8.78 Å². The molecule has 0 bridgehead atoms. The van der Waals surface area contributed by atoms with Crippen LogP contribution < -0.4 is 0 Å². The van der Waals surface area contributed by atoms with Crippen LogP contribution in [0.15, 0.2) is 0 Å². The van der Waals surface area contributed by atoms with Crippen molar-refractivity contribution >= 4 is 59.2 Å². The van der Waals surface area contributed by atoms with Crippen molar-refractivity contribution in [1.82, 2.24) is 88.2 Å². The SMILES string of the molecule is CC(C)N1CC2(C1)C(=O)N(C(C)C)C(=O)N2C.CC(C)N1CC2(C1)C(=O)N(C(C)C)CN2C.CC(C)N1CC2(C1)OC(F)(F)N(C(C)C)C2=O.CC(C)N1CC2(C1)OCN(C(C)C)C2=O.CC(C)N1CC2(CC(=O)N(C(C)C)C2=O)C1.CC(C)N1CC2(CCN(C(C)C)C2=O)C1.CC(C)N1CCC2(C1)OCN(C(C)C)C2=O.CC(C)N1CCC2(CC1)OCN(C(C)C)C2=O. The van der Waals surface area contributed by atoms with Gasteiger partial charge in [0.25, 0.3) is 29.5 Å². The third kappa shape index (κ3) is 21.0. The van der Waals surface area contributed by atoms with E-state index >= 15 is 0 Å². The summed E-state index contributed by atoms with van der Waals surface area (Å²) in [6, 6.07) is 4.38. The maximum absolute atomic E-state index is 13.6. The first kappa shape index (κ1) is 107. The number of halogens is 2. The number of hydrogen-bond acceptors (Lipinski definition) is 23. The van der Waals surface area contributed by atoms with Crippen molar-refractivity contribution in [1.29, 1.82) is 0 Å². The number of likely N-dealkylation sites (N-methyl/N-ethyl adjacent to an activating group) is 2. The fourth-order valence-corrected chi connectivity index (χ4v) is 20.4. The number of rotatable bonds is 16. The van der Waals surface area contributed by atoms with Crippen LogP contribution in [0, 0.1) is 10.8 Å². The zero-order chi connectivity index (χ0) is 97.1. The van der Waals surface area contributed by atoms with Gasteiger partial charge in [0.15, 0.2) is 22.4 Å². The molecule has 0 aromatic carbocycles. The lowest BCUT2D eigenvalue weighted by molar-refractivity contribution is -0.325. The van der Waals surface area contributed by atoms with Crippen molar-refractivity contribution in [3.63, 3.8) is 0 Å². The van der Waals surface area contributed by atoms with Crippen LogP contribution in [0.25, 0.3) is 0 Å². The topological polar surface area (TPSA) is 266 Å². The summed E-state index contributed by atoms with van der Waals surface area (Å²) < 4.78 is 49.3. The summed E-state index contributed by atoms with van der Waals surface area (Å²) in [4.78, 5) is 157. The average Bonchev–Trinajstić information content (AvgIpc) is 1.49. The van der Waals surface area contributed by atoms with Crippen molar-refractivity contribution in [2.45, 2.75) is 390 Å². The Balaban J connectivity index is 0.000000166. The average molecular weight is 1830 g/mol.